The Hall–Kier alpha value is -1.12. The summed E-state index contributed by atoms with van der Waals surface area (Å²) in [6.07, 6.45) is 2.47. The van der Waals surface area contributed by atoms with E-state index in [1.807, 2.05) is 19.9 Å². The van der Waals surface area contributed by atoms with Crippen LogP contribution in [0, 0.1) is 0 Å². The number of carboxylic acids is 1. The standard InChI is InChI=1S/C8H12O3/c1-6(2)4-3-5-7(9)8(10)11/h4H,3,5H2,1-2H3,(H,10,11). The van der Waals surface area contributed by atoms with Gasteiger partial charge in [-0.2, -0.15) is 0 Å². The lowest BCUT2D eigenvalue weighted by atomic mass is 10.2. The Labute approximate surface area is 65.7 Å². The Balaban J connectivity index is 3.64. The normalized spacial score (nSPS) is 8.91. The third-order valence-corrected chi connectivity index (χ3v) is 1.16. The van der Waals surface area contributed by atoms with E-state index in [0.717, 1.165) is 5.57 Å². The van der Waals surface area contributed by atoms with Crippen molar-refractivity contribution >= 4 is 11.8 Å². The van der Waals surface area contributed by atoms with Gasteiger partial charge in [-0.15, -0.1) is 0 Å². The second-order valence-electron chi connectivity index (χ2n) is 2.55. The minimum atomic E-state index is -1.34. The van der Waals surface area contributed by atoms with Crippen LogP contribution in [0.1, 0.15) is 26.7 Å². The van der Waals surface area contributed by atoms with Gasteiger partial charge in [-0.1, -0.05) is 11.6 Å². The average molecular weight is 156 g/mol. The van der Waals surface area contributed by atoms with Crippen LogP contribution in [0.5, 0.6) is 0 Å². The number of carbonyl (C=O) groups is 2. The molecule has 0 saturated carbocycles. The number of carbonyl (C=O) groups excluding carboxylic acids is 1. The van der Waals surface area contributed by atoms with Gasteiger partial charge in [0.05, 0.1) is 0 Å². The molecule has 3 nitrogen and oxygen atoms in total. The maximum atomic E-state index is 10.5. The highest BCUT2D eigenvalue weighted by atomic mass is 16.4. The fourth-order valence-corrected chi connectivity index (χ4v) is 0.599. The van der Waals surface area contributed by atoms with E-state index >= 15 is 0 Å². The van der Waals surface area contributed by atoms with Crippen LogP contribution in [0.15, 0.2) is 11.6 Å². The van der Waals surface area contributed by atoms with Crippen molar-refractivity contribution in [3.05, 3.63) is 11.6 Å². The summed E-state index contributed by atoms with van der Waals surface area (Å²) in [5.74, 6) is -2.06. The summed E-state index contributed by atoms with van der Waals surface area (Å²) in [6.45, 7) is 3.82. The summed E-state index contributed by atoms with van der Waals surface area (Å²) < 4.78 is 0. The molecule has 0 aliphatic rings. The quantitative estimate of drug-likeness (QED) is 0.494. The van der Waals surface area contributed by atoms with Gasteiger partial charge < -0.3 is 5.11 Å². The van der Waals surface area contributed by atoms with Gasteiger partial charge in [-0.05, 0) is 20.3 Å². The number of rotatable bonds is 4. The number of carboxylic acid groups (broad SMARTS) is 1. The molecule has 0 aliphatic heterocycles. The molecule has 3 heteroatoms. The molecule has 0 aromatic heterocycles. The lowest BCUT2D eigenvalue weighted by Crippen LogP contribution is -2.11. The predicted molar refractivity (Wildman–Crippen MR) is 41.3 cm³/mol. The van der Waals surface area contributed by atoms with E-state index in [4.69, 9.17) is 5.11 Å². The molecule has 1 N–H and O–H groups in total. The number of aliphatic carboxylic acids is 1. The van der Waals surface area contributed by atoms with E-state index in [0.29, 0.717) is 6.42 Å². The van der Waals surface area contributed by atoms with Crippen molar-refractivity contribution in [3.63, 3.8) is 0 Å². The van der Waals surface area contributed by atoms with Crippen molar-refractivity contribution in [2.75, 3.05) is 0 Å². The smallest absolute Gasteiger partial charge is 0.372 e. The maximum absolute atomic E-state index is 10.5. The molecule has 0 heterocycles. The number of hydrogen-bond acceptors (Lipinski definition) is 2. The van der Waals surface area contributed by atoms with Crippen LogP contribution in [-0.4, -0.2) is 16.9 Å². The minimum Gasteiger partial charge on any atom is -0.476 e. The zero-order valence-electron chi connectivity index (χ0n) is 6.76. The third kappa shape index (κ3) is 5.33. The fraction of sp³-hybridized carbons (Fsp3) is 0.500. The van der Waals surface area contributed by atoms with E-state index < -0.39 is 11.8 Å². The number of Topliss-reactive ketones (excluding diaryl/α,β-unsaturated/α-hetero) is 1. The van der Waals surface area contributed by atoms with E-state index in [9.17, 15) is 9.59 Å². The maximum Gasteiger partial charge on any atom is 0.372 e. The van der Waals surface area contributed by atoms with Gasteiger partial charge >= 0.3 is 5.97 Å². The van der Waals surface area contributed by atoms with Gasteiger partial charge in [0.2, 0.25) is 5.78 Å². The molecule has 0 bridgehead atoms. The molecule has 0 aromatic rings. The zero-order valence-corrected chi connectivity index (χ0v) is 6.76. The summed E-state index contributed by atoms with van der Waals surface area (Å²) in [5, 5.41) is 8.18. The Kier molecular flexibility index (Phi) is 4.18. The van der Waals surface area contributed by atoms with Gasteiger partial charge in [0.25, 0.3) is 0 Å². The number of ketones is 1. The van der Waals surface area contributed by atoms with Crippen molar-refractivity contribution in [1.82, 2.24) is 0 Å². The first-order valence-electron chi connectivity index (χ1n) is 3.43. The third-order valence-electron chi connectivity index (χ3n) is 1.16. The van der Waals surface area contributed by atoms with Crippen molar-refractivity contribution in [2.45, 2.75) is 26.7 Å². The van der Waals surface area contributed by atoms with Crippen molar-refractivity contribution < 1.29 is 14.7 Å². The highest BCUT2D eigenvalue weighted by molar-refractivity contribution is 6.32. The molecule has 0 amide bonds. The summed E-state index contributed by atoms with van der Waals surface area (Å²) in [5.41, 5.74) is 1.10. The molecule has 0 unspecified atom stereocenters. The van der Waals surface area contributed by atoms with Crippen molar-refractivity contribution in [1.29, 1.82) is 0 Å². The molecule has 0 radical (unpaired) electrons. The van der Waals surface area contributed by atoms with Crippen LogP contribution < -0.4 is 0 Å². The SMILES string of the molecule is CC(C)=CCCC(=O)C(=O)O. The highest BCUT2D eigenvalue weighted by Crippen LogP contribution is 1.97. The Morgan fingerprint density at radius 1 is 1.36 bits per heavy atom. The van der Waals surface area contributed by atoms with Crippen LogP contribution in [0.4, 0.5) is 0 Å². The van der Waals surface area contributed by atoms with Crippen LogP contribution in [0.25, 0.3) is 0 Å². The van der Waals surface area contributed by atoms with Gasteiger partial charge in [0.15, 0.2) is 0 Å². The second kappa shape index (κ2) is 4.66. The van der Waals surface area contributed by atoms with Crippen molar-refractivity contribution in [2.24, 2.45) is 0 Å². The molecule has 11 heavy (non-hydrogen) atoms. The largest absolute Gasteiger partial charge is 0.476 e. The van der Waals surface area contributed by atoms with Crippen LogP contribution in [0.3, 0.4) is 0 Å². The van der Waals surface area contributed by atoms with E-state index in [2.05, 4.69) is 0 Å². The highest BCUT2D eigenvalue weighted by Gasteiger charge is 2.08. The first-order chi connectivity index (χ1) is 5.04. The Bertz CT molecular complexity index is 188. The Morgan fingerprint density at radius 2 is 1.91 bits per heavy atom. The van der Waals surface area contributed by atoms with E-state index in [1.165, 1.54) is 0 Å². The number of hydrogen-bond donors (Lipinski definition) is 1. The molecule has 0 rings (SSSR count). The molecular weight excluding hydrogens is 144 g/mol. The molecule has 0 saturated heterocycles. The average Bonchev–Trinajstić information content (AvgIpc) is 1.86. The van der Waals surface area contributed by atoms with Gasteiger partial charge in [-0.3, -0.25) is 4.79 Å². The minimum absolute atomic E-state index is 0.0977. The van der Waals surface area contributed by atoms with Gasteiger partial charge in [0, 0.05) is 6.42 Å². The van der Waals surface area contributed by atoms with Crippen LogP contribution in [0.2, 0.25) is 0 Å². The first kappa shape index (κ1) is 9.88. The summed E-state index contributed by atoms with van der Waals surface area (Å²) >= 11 is 0. The second-order valence-corrected chi connectivity index (χ2v) is 2.55. The molecule has 0 spiro atoms. The molecule has 0 atom stereocenters. The summed E-state index contributed by atoms with van der Waals surface area (Å²) in [7, 11) is 0. The lowest BCUT2D eigenvalue weighted by Gasteiger charge is -1.91. The fourth-order valence-electron chi connectivity index (χ4n) is 0.599. The molecule has 0 fully saturated rings. The molecule has 62 valence electrons. The summed E-state index contributed by atoms with van der Waals surface area (Å²) in [6, 6.07) is 0. The number of allylic oxidation sites excluding steroid dienone is 2. The van der Waals surface area contributed by atoms with Gasteiger partial charge in [0.1, 0.15) is 0 Å². The van der Waals surface area contributed by atoms with E-state index in [-0.39, 0.29) is 6.42 Å². The lowest BCUT2D eigenvalue weighted by molar-refractivity contribution is -0.149. The van der Waals surface area contributed by atoms with Crippen LogP contribution >= 0.6 is 0 Å². The molecule has 0 aliphatic carbocycles. The summed E-state index contributed by atoms with van der Waals surface area (Å²) in [4.78, 5) is 20.5. The Morgan fingerprint density at radius 3 is 2.27 bits per heavy atom. The molecular formula is C8H12O3. The van der Waals surface area contributed by atoms with E-state index in [1.54, 1.807) is 0 Å². The first-order valence-corrected chi connectivity index (χ1v) is 3.43. The van der Waals surface area contributed by atoms with Gasteiger partial charge in [-0.25, -0.2) is 4.79 Å². The molecule has 0 aromatic carbocycles. The monoisotopic (exact) mass is 156 g/mol. The predicted octanol–water partition coefficient (Wildman–Crippen LogP) is 1.39. The zero-order chi connectivity index (χ0) is 8.85. The van der Waals surface area contributed by atoms with Crippen LogP contribution in [-0.2, 0) is 9.59 Å². The van der Waals surface area contributed by atoms with Crippen molar-refractivity contribution in [3.8, 4) is 0 Å². The topological polar surface area (TPSA) is 54.4 Å².